The molecule has 0 radical (unpaired) electrons. The largest absolute Gasteiger partial charge is 0.352 e. The Morgan fingerprint density at radius 1 is 1.21 bits per heavy atom. The first kappa shape index (κ1) is 18.3. The SMILES string of the molecule is CC(C)c1ccc(CC2CCN(C(=O)CCNC(N)=O)CC2)cc1. The van der Waals surface area contributed by atoms with Gasteiger partial charge in [-0.2, -0.15) is 0 Å². The van der Waals surface area contributed by atoms with Crippen LogP contribution in [0.4, 0.5) is 4.79 Å². The molecule has 1 aliphatic rings. The molecule has 1 fully saturated rings. The minimum atomic E-state index is -0.579. The molecule has 1 aromatic carbocycles. The smallest absolute Gasteiger partial charge is 0.312 e. The summed E-state index contributed by atoms with van der Waals surface area (Å²) in [6, 6.07) is 8.35. The predicted molar refractivity (Wildman–Crippen MR) is 95.7 cm³/mol. The minimum Gasteiger partial charge on any atom is -0.352 e. The third kappa shape index (κ3) is 5.55. The monoisotopic (exact) mass is 331 g/mol. The lowest BCUT2D eigenvalue weighted by Gasteiger charge is -2.32. The van der Waals surface area contributed by atoms with E-state index >= 15 is 0 Å². The number of hydrogen-bond donors (Lipinski definition) is 2. The highest BCUT2D eigenvalue weighted by Crippen LogP contribution is 2.23. The van der Waals surface area contributed by atoms with Gasteiger partial charge in [0.05, 0.1) is 0 Å². The van der Waals surface area contributed by atoms with Crippen molar-refractivity contribution >= 4 is 11.9 Å². The molecule has 1 saturated heterocycles. The number of hydrogen-bond acceptors (Lipinski definition) is 2. The van der Waals surface area contributed by atoms with Crippen molar-refractivity contribution in [2.45, 2.75) is 45.4 Å². The first-order valence-electron chi connectivity index (χ1n) is 8.85. The van der Waals surface area contributed by atoms with Gasteiger partial charge in [-0.05, 0) is 42.2 Å². The molecule has 5 heteroatoms. The molecule has 0 aromatic heterocycles. The first-order chi connectivity index (χ1) is 11.5. The Morgan fingerprint density at radius 2 is 1.83 bits per heavy atom. The van der Waals surface area contributed by atoms with Gasteiger partial charge in [0.25, 0.3) is 0 Å². The van der Waals surface area contributed by atoms with Crippen LogP contribution >= 0.6 is 0 Å². The topological polar surface area (TPSA) is 75.4 Å². The number of likely N-dealkylation sites (tertiary alicyclic amines) is 1. The van der Waals surface area contributed by atoms with Crippen LogP contribution in [0.2, 0.25) is 0 Å². The fourth-order valence-corrected chi connectivity index (χ4v) is 3.21. The van der Waals surface area contributed by atoms with Crippen molar-refractivity contribution in [3.63, 3.8) is 0 Å². The van der Waals surface area contributed by atoms with Gasteiger partial charge >= 0.3 is 6.03 Å². The van der Waals surface area contributed by atoms with E-state index in [1.165, 1.54) is 11.1 Å². The summed E-state index contributed by atoms with van der Waals surface area (Å²) in [5.41, 5.74) is 7.76. The molecule has 3 N–H and O–H groups in total. The van der Waals surface area contributed by atoms with Crippen molar-refractivity contribution in [3.8, 4) is 0 Å². The highest BCUT2D eigenvalue weighted by atomic mass is 16.2. The van der Waals surface area contributed by atoms with Gasteiger partial charge in [0.15, 0.2) is 0 Å². The summed E-state index contributed by atoms with van der Waals surface area (Å²) in [5, 5.41) is 2.46. The zero-order valence-corrected chi connectivity index (χ0v) is 14.8. The van der Waals surface area contributed by atoms with Crippen LogP contribution < -0.4 is 11.1 Å². The summed E-state index contributed by atoms with van der Waals surface area (Å²) >= 11 is 0. The van der Waals surface area contributed by atoms with Crippen LogP contribution in [0, 0.1) is 5.92 Å². The van der Waals surface area contributed by atoms with Crippen molar-refractivity contribution in [2.24, 2.45) is 11.7 Å². The van der Waals surface area contributed by atoms with E-state index in [1.807, 2.05) is 4.90 Å². The Hall–Kier alpha value is -2.04. The van der Waals surface area contributed by atoms with E-state index in [-0.39, 0.29) is 5.91 Å². The zero-order valence-electron chi connectivity index (χ0n) is 14.8. The van der Waals surface area contributed by atoms with E-state index in [0.29, 0.717) is 24.8 Å². The van der Waals surface area contributed by atoms with E-state index in [0.717, 1.165) is 32.4 Å². The third-order valence-corrected chi connectivity index (χ3v) is 4.78. The van der Waals surface area contributed by atoms with Gasteiger partial charge in [-0.3, -0.25) is 4.79 Å². The Kier molecular flexibility index (Phi) is 6.64. The maximum atomic E-state index is 12.1. The average Bonchev–Trinajstić information content (AvgIpc) is 2.55. The maximum absolute atomic E-state index is 12.1. The molecule has 0 aliphatic carbocycles. The molecule has 2 rings (SSSR count). The summed E-state index contributed by atoms with van der Waals surface area (Å²) in [4.78, 5) is 24.6. The average molecular weight is 331 g/mol. The van der Waals surface area contributed by atoms with E-state index in [4.69, 9.17) is 5.73 Å². The lowest BCUT2D eigenvalue weighted by Crippen LogP contribution is -2.40. The van der Waals surface area contributed by atoms with Crippen molar-refractivity contribution in [1.29, 1.82) is 0 Å². The lowest BCUT2D eigenvalue weighted by molar-refractivity contribution is -0.132. The fraction of sp³-hybridized carbons (Fsp3) is 0.579. The second-order valence-corrected chi connectivity index (χ2v) is 6.97. The molecule has 0 atom stereocenters. The van der Waals surface area contributed by atoms with Crippen LogP contribution in [0.1, 0.15) is 50.2 Å². The normalized spacial score (nSPS) is 15.5. The Labute approximate surface area is 144 Å². The van der Waals surface area contributed by atoms with E-state index in [1.54, 1.807) is 0 Å². The highest BCUT2D eigenvalue weighted by molar-refractivity contribution is 5.77. The van der Waals surface area contributed by atoms with Gasteiger partial charge in [-0.15, -0.1) is 0 Å². The summed E-state index contributed by atoms with van der Waals surface area (Å²) in [6.45, 7) is 6.35. The summed E-state index contributed by atoms with van der Waals surface area (Å²) in [7, 11) is 0. The number of carbonyl (C=O) groups excluding carboxylic acids is 2. The van der Waals surface area contributed by atoms with Crippen LogP contribution in [0.15, 0.2) is 24.3 Å². The molecule has 1 heterocycles. The molecule has 132 valence electrons. The molecular weight excluding hydrogens is 302 g/mol. The summed E-state index contributed by atoms with van der Waals surface area (Å²) in [6.07, 6.45) is 3.50. The molecule has 3 amide bonds. The second kappa shape index (κ2) is 8.71. The van der Waals surface area contributed by atoms with Crippen LogP contribution in [0.25, 0.3) is 0 Å². The van der Waals surface area contributed by atoms with E-state index in [9.17, 15) is 9.59 Å². The summed E-state index contributed by atoms with van der Waals surface area (Å²) < 4.78 is 0. The Balaban J connectivity index is 1.74. The zero-order chi connectivity index (χ0) is 17.5. The Morgan fingerprint density at radius 3 is 2.38 bits per heavy atom. The highest BCUT2D eigenvalue weighted by Gasteiger charge is 2.22. The molecule has 0 spiro atoms. The number of urea groups is 1. The van der Waals surface area contributed by atoms with Crippen molar-refractivity contribution in [2.75, 3.05) is 19.6 Å². The number of benzene rings is 1. The molecule has 5 nitrogen and oxygen atoms in total. The van der Waals surface area contributed by atoms with Crippen molar-refractivity contribution in [1.82, 2.24) is 10.2 Å². The molecule has 0 unspecified atom stereocenters. The third-order valence-electron chi connectivity index (χ3n) is 4.78. The first-order valence-corrected chi connectivity index (χ1v) is 8.85. The van der Waals surface area contributed by atoms with E-state index in [2.05, 4.69) is 43.4 Å². The number of primary amides is 1. The lowest BCUT2D eigenvalue weighted by atomic mass is 9.89. The van der Waals surface area contributed by atoms with Gasteiger partial charge in [-0.25, -0.2) is 4.79 Å². The quantitative estimate of drug-likeness (QED) is 0.841. The van der Waals surface area contributed by atoms with Crippen LogP contribution in [0.5, 0.6) is 0 Å². The summed E-state index contributed by atoms with van der Waals surface area (Å²) in [5.74, 6) is 1.31. The number of piperidine rings is 1. The molecule has 24 heavy (non-hydrogen) atoms. The van der Waals surface area contributed by atoms with Gasteiger partial charge in [0.2, 0.25) is 5.91 Å². The minimum absolute atomic E-state index is 0.100. The molecule has 1 aliphatic heterocycles. The number of nitrogens with one attached hydrogen (secondary N) is 1. The van der Waals surface area contributed by atoms with Gasteiger partial charge in [0.1, 0.15) is 0 Å². The van der Waals surface area contributed by atoms with Crippen molar-refractivity contribution in [3.05, 3.63) is 35.4 Å². The number of amides is 3. The fourth-order valence-electron chi connectivity index (χ4n) is 3.21. The van der Waals surface area contributed by atoms with Gasteiger partial charge < -0.3 is 16.0 Å². The molecular formula is C19H29N3O2. The van der Waals surface area contributed by atoms with Crippen LogP contribution in [-0.4, -0.2) is 36.5 Å². The number of carbonyl (C=O) groups is 2. The molecule has 1 aromatic rings. The van der Waals surface area contributed by atoms with E-state index < -0.39 is 6.03 Å². The molecule has 0 bridgehead atoms. The standard InChI is InChI=1S/C19H29N3O2/c1-14(2)17-5-3-15(4-6-17)13-16-8-11-22(12-9-16)18(23)7-10-21-19(20)24/h3-6,14,16H,7-13H2,1-2H3,(H3,20,21,24). The van der Waals surface area contributed by atoms with Crippen LogP contribution in [-0.2, 0) is 11.2 Å². The predicted octanol–water partition coefficient (Wildman–Crippen LogP) is 2.65. The number of nitrogens with zero attached hydrogens (tertiary/aromatic N) is 1. The molecule has 0 saturated carbocycles. The number of rotatable bonds is 6. The van der Waals surface area contributed by atoms with Crippen LogP contribution in [0.3, 0.4) is 0 Å². The van der Waals surface area contributed by atoms with Gasteiger partial charge in [0, 0.05) is 26.1 Å². The van der Waals surface area contributed by atoms with Gasteiger partial charge in [-0.1, -0.05) is 38.1 Å². The maximum Gasteiger partial charge on any atom is 0.312 e. The van der Waals surface area contributed by atoms with Crippen molar-refractivity contribution < 1.29 is 9.59 Å². The Bertz CT molecular complexity index is 546. The second-order valence-electron chi connectivity index (χ2n) is 6.97. The number of nitrogens with two attached hydrogens (primary N) is 1.